The van der Waals surface area contributed by atoms with E-state index in [0.717, 1.165) is 21.8 Å². The van der Waals surface area contributed by atoms with Crippen molar-refractivity contribution in [2.24, 2.45) is 0 Å². The van der Waals surface area contributed by atoms with E-state index < -0.39 is 11.7 Å². The molecule has 0 atom stereocenters. The van der Waals surface area contributed by atoms with Crippen LogP contribution in [0.2, 0.25) is 0 Å². The highest BCUT2D eigenvalue weighted by Crippen LogP contribution is 2.28. The summed E-state index contributed by atoms with van der Waals surface area (Å²) in [6.07, 6.45) is 4.85. The standard InChI is InChI=1S/C19H15N5O3S/c25-17(27-12-16-20-19(26)22-21-16)9-8-13-11-24(14-5-2-1-3-6-14)23-18(13)15-7-4-10-28-15/h1-11H,12H2,(H2,20,21,22,26)/b9-8+. The first-order valence-electron chi connectivity index (χ1n) is 8.36. The average Bonchev–Trinajstić information content (AvgIpc) is 3.46. The summed E-state index contributed by atoms with van der Waals surface area (Å²) in [5, 5.41) is 12.5. The molecule has 0 saturated heterocycles. The molecule has 0 spiro atoms. The fraction of sp³-hybridized carbons (Fsp3) is 0.0526. The largest absolute Gasteiger partial charge is 0.454 e. The summed E-state index contributed by atoms with van der Waals surface area (Å²) in [7, 11) is 0. The second kappa shape index (κ2) is 7.89. The van der Waals surface area contributed by atoms with Crippen molar-refractivity contribution in [2.75, 3.05) is 0 Å². The van der Waals surface area contributed by atoms with Crippen LogP contribution in [0.25, 0.3) is 22.3 Å². The van der Waals surface area contributed by atoms with Crippen LogP contribution in [0.3, 0.4) is 0 Å². The van der Waals surface area contributed by atoms with Gasteiger partial charge in [0.15, 0.2) is 12.4 Å². The number of para-hydroxylation sites is 1. The Morgan fingerprint density at radius 3 is 2.79 bits per heavy atom. The first-order valence-corrected chi connectivity index (χ1v) is 9.24. The monoisotopic (exact) mass is 393 g/mol. The molecular weight excluding hydrogens is 378 g/mol. The van der Waals surface area contributed by atoms with Gasteiger partial charge >= 0.3 is 11.7 Å². The number of hydrogen-bond donors (Lipinski definition) is 2. The van der Waals surface area contributed by atoms with Gasteiger partial charge in [-0.3, -0.25) is 4.98 Å². The molecular formula is C19H15N5O3S. The summed E-state index contributed by atoms with van der Waals surface area (Å²) in [5.74, 6) is -0.295. The van der Waals surface area contributed by atoms with Crippen molar-refractivity contribution in [3.63, 3.8) is 0 Å². The molecule has 0 aliphatic heterocycles. The van der Waals surface area contributed by atoms with Crippen LogP contribution in [-0.4, -0.2) is 30.9 Å². The van der Waals surface area contributed by atoms with Crippen molar-refractivity contribution in [1.29, 1.82) is 0 Å². The molecule has 0 saturated carbocycles. The fourth-order valence-corrected chi connectivity index (χ4v) is 3.28. The molecule has 0 fully saturated rings. The molecule has 3 aromatic heterocycles. The van der Waals surface area contributed by atoms with Crippen LogP contribution in [0, 0.1) is 0 Å². The van der Waals surface area contributed by atoms with Crippen molar-refractivity contribution in [1.82, 2.24) is 25.0 Å². The van der Waals surface area contributed by atoms with Gasteiger partial charge in [0.1, 0.15) is 5.69 Å². The van der Waals surface area contributed by atoms with Crippen molar-refractivity contribution in [3.05, 3.63) is 82.0 Å². The van der Waals surface area contributed by atoms with Gasteiger partial charge in [-0.2, -0.15) is 10.2 Å². The van der Waals surface area contributed by atoms with Crippen molar-refractivity contribution in [2.45, 2.75) is 6.61 Å². The zero-order valence-corrected chi connectivity index (χ0v) is 15.3. The summed E-state index contributed by atoms with van der Waals surface area (Å²) < 4.78 is 6.85. The highest BCUT2D eigenvalue weighted by Gasteiger charge is 2.12. The minimum absolute atomic E-state index is 0.122. The van der Waals surface area contributed by atoms with Crippen LogP contribution in [0.1, 0.15) is 11.4 Å². The lowest BCUT2D eigenvalue weighted by Gasteiger charge is -1.99. The molecule has 1 aromatic carbocycles. The van der Waals surface area contributed by atoms with Crippen molar-refractivity contribution in [3.8, 4) is 16.3 Å². The Hall–Kier alpha value is -3.72. The van der Waals surface area contributed by atoms with Gasteiger partial charge in [-0.15, -0.1) is 11.3 Å². The third-order valence-corrected chi connectivity index (χ3v) is 4.69. The maximum atomic E-state index is 12.0. The van der Waals surface area contributed by atoms with Crippen LogP contribution in [-0.2, 0) is 16.1 Å². The number of H-pyrrole nitrogens is 2. The summed E-state index contributed by atoms with van der Waals surface area (Å²) in [4.78, 5) is 26.4. The van der Waals surface area contributed by atoms with E-state index in [2.05, 4.69) is 20.3 Å². The van der Waals surface area contributed by atoms with E-state index in [1.54, 1.807) is 22.1 Å². The van der Waals surface area contributed by atoms with E-state index in [0.29, 0.717) is 0 Å². The molecule has 28 heavy (non-hydrogen) atoms. The van der Waals surface area contributed by atoms with E-state index >= 15 is 0 Å². The molecule has 0 unspecified atom stereocenters. The predicted octanol–water partition coefficient (Wildman–Crippen LogP) is 2.77. The molecule has 0 bridgehead atoms. The first-order chi connectivity index (χ1) is 13.7. The van der Waals surface area contributed by atoms with Crippen LogP contribution in [0.4, 0.5) is 0 Å². The zero-order chi connectivity index (χ0) is 19.3. The number of nitrogens with one attached hydrogen (secondary N) is 2. The minimum Gasteiger partial charge on any atom is -0.454 e. The number of hydrogen-bond acceptors (Lipinski definition) is 6. The Morgan fingerprint density at radius 1 is 1.21 bits per heavy atom. The van der Waals surface area contributed by atoms with Gasteiger partial charge in [-0.25, -0.2) is 19.4 Å². The number of carbonyl (C=O) groups is 1. The molecule has 9 heteroatoms. The van der Waals surface area contributed by atoms with E-state index in [9.17, 15) is 9.59 Å². The van der Waals surface area contributed by atoms with Gasteiger partial charge in [0.2, 0.25) is 0 Å². The molecule has 0 aliphatic rings. The topological polar surface area (TPSA) is 106 Å². The Labute approximate surface area is 163 Å². The summed E-state index contributed by atoms with van der Waals surface area (Å²) in [5.41, 5.74) is 2.04. The smallest absolute Gasteiger partial charge is 0.340 e. The van der Waals surface area contributed by atoms with Crippen LogP contribution < -0.4 is 5.69 Å². The Balaban J connectivity index is 1.55. The van der Waals surface area contributed by atoms with Crippen LogP contribution >= 0.6 is 11.3 Å². The highest BCUT2D eigenvalue weighted by molar-refractivity contribution is 7.13. The Bertz CT molecular complexity index is 1160. The minimum atomic E-state index is -0.548. The molecule has 0 amide bonds. The number of aromatic amines is 2. The Kier molecular flexibility index (Phi) is 4.98. The molecule has 4 rings (SSSR count). The number of esters is 1. The average molecular weight is 393 g/mol. The van der Waals surface area contributed by atoms with Crippen molar-refractivity contribution < 1.29 is 9.53 Å². The number of nitrogens with zero attached hydrogens (tertiary/aromatic N) is 3. The lowest BCUT2D eigenvalue weighted by atomic mass is 10.2. The molecule has 8 nitrogen and oxygen atoms in total. The van der Waals surface area contributed by atoms with Gasteiger partial charge in [0.05, 0.1) is 10.6 Å². The van der Waals surface area contributed by atoms with Gasteiger partial charge in [-0.1, -0.05) is 24.3 Å². The maximum absolute atomic E-state index is 12.0. The summed E-state index contributed by atoms with van der Waals surface area (Å²) >= 11 is 1.57. The molecule has 0 aliphatic carbocycles. The van der Waals surface area contributed by atoms with Gasteiger partial charge in [-0.05, 0) is 29.7 Å². The lowest BCUT2D eigenvalue weighted by Crippen LogP contribution is -2.04. The second-order valence-corrected chi connectivity index (χ2v) is 6.70. The number of ether oxygens (including phenoxy) is 1. The quantitative estimate of drug-likeness (QED) is 0.387. The summed E-state index contributed by atoms with van der Waals surface area (Å²) in [6.45, 7) is -0.122. The van der Waals surface area contributed by atoms with E-state index in [-0.39, 0.29) is 12.4 Å². The summed E-state index contributed by atoms with van der Waals surface area (Å²) in [6, 6.07) is 13.7. The third kappa shape index (κ3) is 3.99. The van der Waals surface area contributed by atoms with E-state index in [4.69, 9.17) is 4.74 Å². The number of benzene rings is 1. The number of thiophene rings is 1. The third-order valence-electron chi connectivity index (χ3n) is 3.82. The van der Waals surface area contributed by atoms with Crippen LogP contribution in [0.5, 0.6) is 0 Å². The van der Waals surface area contributed by atoms with Gasteiger partial charge < -0.3 is 4.74 Å². The highest BCUT2D eigenvalue weighted by atomic mass is 32.1. The molecule has 2 N–H and O–H groups in total. The number of rotatable bonds is 6. The van der Waals surface area contributed by atoms with Crippen molar-refractivity contribution >= 4 is 23.4 Å². The zero-order valence-electron chi connectivity index (χ0n) is 14.5. The molecule has 0 radical (unpaired) electrons. The SMILES string of the molecule is O=C(/C=C/c1cn(-c2ccccc2)nc1-c1cccs1)OCc1n[nH]c(=O)[nH]1. The number of carbonyl (C=O) groups excluding carboxylic acids is 1. The van der Waals surface area contributed by atoms with Gasteiger partial charge in [0.25, 0.3) is 0 Å². The predicted molar refractivity (Wildman–Crippen MR) is 105 cm³/mol. The second-order valence-electron chi connectivity index (χ2n) is 5.76. The number of aromatic nitrogens is 5. The lowest BCUT2D eigenvalue weighted by molar-refractivity contribution is -0.139. The maximum Gasteiger partial charge on any atom is 0.340 e. The normalized spacial score (nSPS) is 11.1. The van der Waals surface area contributed by atoms with E-state index in [1.165, 1.54) is 6.08 Å². The molecule has 140 valence electrons. The molecule has 3 heterocycles. The first kappa shape index (κ1) is 17.7. The van der Waals surface area contributed by atoms with Crippen LogP contribution in [0.15, 0.2) is 64.9 Å². The fourth-order valence-electron chi connectivity index (χ4n) is 2.55. The van der Waals surface area contributed by atoms with Gasteiger partial charge in [0, 0.05) is 17.8 Å². The molecule has 4 aromatic rings. The van der Waals surface area contributed by atoms with E-state index in [1.807, 2.05) is 54.0 Å². The Morgan fingerprint density at radius 2 is 2.07 bits per heavy atom.